The molecule has 196 valence electrons. The fourth-order valence-corrected chi connectivity index (χ4v) is 2.14. The summed E-state index contributed by atoms with van der Waals surface area (Å²) in [5.41, 5.74) is 4.56. The van der Waals surface area contributed by atoms with Crippen LogP contribution in [0.25, 0.3) is 0 Å². The Kier molecular flexibility index (Phi) is 19.1. The van der Waals surface area contributed by atoms with E-state index in [1.54, 1.807) is 57.2 Å². The zero-order chi connectivity index (χ0) is 24.5. The number of nitrogens with one attached hydrogen (secondary N) is 1. The van der Waals surface area contributed by atoms with Gasteiger partial charge in [-0.1, -0.05) is 36.4 Å². The van der Waals surface area contributed by atoms with Gasteiger partial charge in [-0.25, -0.2) is 13.6 Å². The molecule has 2 aromatic rings. The van der Waals surface area contributed by atoms with Gasteiger partial charge in [-0.05, 0) is 57.2 Å². The van der Waals surface area contributed by atoms with Crippen molar-refractivity contribution in [2.75, 3.05) is 26.3 Å². The largest absolute Gasteiger partial charge is 0.487 e. The van der Waals surface area contributed by atoms with Crippen LogP contribution in [-0.4, -0.2) is 38.0 Å². The van der Waals surface area contributed by atoms with Crippen molar-refractivity contribution >= 4 is 30.9 Å². The van der Waals surface area contributed by atoms with Crippen LogP contribution in [0.1, 0.15) is 20.8 Å². The molecule has 35 heavy (non-hydrogen) atoms. The topological polar surface area (TPSA) is 82.8 Å². The first-order valence-corrected chi connectivity index (χ1v) is 10.4. The van der Waals surface area contributed by atoms with Crippen molar-refractivity contribution in [1.82, 2.24) is 5.32 Å². The predicted octanol–water partition coefficient (Wildman–Crippen LogP) is 6.16. The van der Waals surface area contributed by atoms with Crippen molar-refractivity contribution in [3.63, 3.8) is 0 Å². The summed E-state index contributed by atoms with van der Waals surface area (Å²) in [6.07, 6.45) is 1.96. The number of para-hydroxylation sites is 2. The number of amides is 1. The number of nitrogens with two attached hydrogens (primary N) is 1. The van der Waals surface area contributed by atoms with Gasteiger partial charge in [-0.2, -0.15) is 0 Å². The number of carbonyl (C=O) groups is 1. The van der Waals surface area contributed by atoms with Crippen LogP contribution in [0.2, 0.25) is 0 Å². The number of rotatable bonds is 9. The maximum absolute atomic E-state index is 13.4. The van der Waals surface area contributed by atoms with Crippen molar-refractivity contribution in [3.05, 3.63) is 84.5 Å². The first-order chi connectivity index (χ1) is 15.7. The third kappa shape index (κ3) is 19.2. The van der Waals surface area contributed by atoms with Gasteiger partial charge < -0.3 is 25.3 Å². The molecular formula is C25H34Cl2F2N2O4. The van der Waals surface area contributed by atoms with E-state index in [0.29, 0.717) is 11.5 Å². The van der Waals surface area contributed by atoms with E-state index in [4.69, 9.17) is 19.9 Å². The van der Waals surface area contributed by atoms with Crippen LogP contribution >= 0.6 is 24.8 Å². The molecule has 0 unspecified atom stereocenters. The summed E-state index contributed by atoms with van der Waals surface area (Å²) in [6.45, 7) is 5.31. The predicted molar refractivity (Wildman–Crippen MR) is 140 cm³/mol. The third-order valence-corrected chi connectivity index (χ3v) is 3.55. The fraction of sp³-hybridized carbons (Fsp3) is 0.320. The highest BCUT2D eigenvalue weighted by Crippen LogP contribution is 2.11. The molecule has 0 aliphatic rings. The minimum absolute atomic E-state index is 0. The number of hydrogen-bond acceptors (Lipinski definition) is 5. The van der Waals surface area contributed by atoms with E-state index in [0.717, 1.165) is 0 Å². The highest BCUT2D eigenvalue weighted by Gasteiger charge is 2.15. The number of carbonyl (C=O) groups excluding carboxylic acids is 1. The van der Waals surface area contributed by atoms with Gasteiger partial charge in [0.05, 0.1) is 0 Å². The second kappa shape index (κ2) is 19.5. The zero-order valence-corrected chi connectivity index (χ0v) is 21.7. The minimum Gasteiger partial charge on any atom is -0.487 e. The summed E-state index contributed by atoms with van der Waals surface area (Å²) in [4.78, 5) is 11.3. The second-order valence-corrected chi connectivity index (χ2v) is 7.62. The summed E-state index contributed by atoms with van der Waals surface area (Å²) < 4.78 is 41.5. The molecule has 6 nitrogen and oxygen atoms in total. The SMILES string of the molecule is CC(C)(C)OC(=O)NC/C=C(/F)COc1ccccc1.Cl.Cl.NC/C=C(/F)COc1ccccc1. The lowest BCUT2D eigenvalue weighted by Gasteiger charge is -2.19. The van der Waals surface area contributed by atoms with E-state index >= 15 is 0 Å². The van der Waals surface area contributed by atoms with Crippen molar-refractivity contribution < 1.29 is 27.8 Å². The summed E-state index contributed by atoms with van der Waals surface area (Å²) in [5.74, 6) is 0.454. The van der Waals surface area contributed by atoms with E-state index in [9.17, 15) is 13.6 Å². The Hall–Kier alpha value is -2.81. The molecule has 0 aliphatic heterocycles. The molecular weight excluding hydrogens is 501 g/mol. The summed E-state index contributed by atoms with van der Waals surface area (Å²) in [5, 5.41) is 2.44. The summed E-state index contributed by atoms with van der Waals surface area (Å²) in [6, 6.07) is 18.0. The zero-order valence-electron chi connectivity index (χ0n) is 20.0. The molecule has 2 rings (SSSR count). The molecule has 3 N–H and O–H groups in total. The highest BCUT2D eigenvalue weighted by atomic mass is 35.5. The van der Waals surface area contributed by atoms with Crippen LogP contribution in [-0.2, 0) is 4.74 Å². The molecule has 0 bridgehead atoms. The molecule has 1 amide bonds. The number of ether oxygens (including phenoxy) is 3. The Morgan fingerprint density at radius 3 is 1.69 bits per heavy atom. The van der Waals surface area contributed by atoms with Crippen molar-refractivity contribution in [3.8, 4) is 11.5 Å². The molecule has 0 aliphatic carbocycles. The van der Waals surface area contributed by atoms with Crippen molar-refractivity contribution in [1.29, 1.82) is 0 Å². The molecule has 0 aromatic heterocycles. The van der Waals surface area contributed by atoms with Crippen molar-refractivity contribution in [2.24, 2.45) is 5.73 Å². The number of benzene rings is 2. The lowest BCUT2D eigenvalue weighted by atomic mass is 10.2. The molecule has 2 aromatic carbocycles. The molecule has 0 saturated heterocycles. The van der Waals surface area contributed by atoms with E-state index in [2.05, 4.69) is 5.32 Å². The standard InChI is InChI=1S/C15H20FNO3.C10H12FNO.2ClH/c1-15(2,3)20-14(18)17-10-9-12(16)11-19-13-7-5-4-6-8-13;11-9(6-7-12)8-13-10-4-2-1-3-5-10;;/h4-9H,10-11H2,1-3H3,(H,17,18);1-6H,7-8,12H2;2*1H/b12-9+;9-6+;;. The number of hydrogen-bond donors (Lipinski definition) is 2. The molecule has 0 atom stereocenters. The first kappa shape index (κ1) is 34.4. The van der Waals surface area contributed by atoms with E-state index in [-0.39, 0.29) is 56.9 Å². The normalized spacial score (nSPS) is 11.0. The molecule has 0 radical (unpaired) electrons. The maximum Gasteiger partial charge on any atom is 0.407 e. The van der Waals surface area contributed by atoms with E-state index in [1.165, 1.54) is 12.2 Å². The Bertz CT molecular complexity index is 878. The monoisotopic (exact) mass is 534 g/mol. The van der Waals surface area contributed by atoms with Crippen LogP contribution in [0.5, 0.6) is 11.5 Å². The van der Waals surface area contributed by atoms with E-state index in [1.807, 2.05) is 24.3 Å². The Morgan fingerprint density at radius 2 is 1.29 bits per heavy atom. The highest BCUT2D eigenvalue weighted by molar-refractivity contribution is 5.85. The maximum atomic E-state index is 13.4. The lowest BCUT2D eigenvalue weighted by molar-refractivity contribution is 0.0534. The quantitative estimate of drug-likeness (QED) is 0.402. The molecule has 0 fully saturated rings. The summed E-state index contributed by atoms with van der Waals surface area (Å²) >= 11 is 0. The average Bonchev–Trinajstić information content (AvgIpc) is 2.77. The smallest absolute Gasteiger partial charge is 0.407 e. The van der Waals surface area contributed by atoms with Gasteiger partial charge in [-0.3, -0.25) is 0 Å². The number of halogens is 4. The number of alkyl carbamates (subject to hydrolysis) is 1. The molecule has 0 heterocycles. The van der Waals surface area contributed by atoms with Crippen LogP contribution in [0.3, 0.4) is 0 Å². The lowest BCUT2D eigenvalue weighted by Crippen LogP contribution is -2.32. The van der Waals surface area contributed by atoms with Gasteiger partial charge in [0.25, 0.3) is 0 Å². The summed E-state index contributed by atoms with van der Waals surface area (Å²) in [7, 11) is 0. The van der Waals surface area contributed by atoms with Crippen LogP contribution in [0.15, 0.2) is 84.5 Å². The Labute approximate surface area is 218 Å². The van der Waals surface area contributed by atoms with Gasteiger partial charge in [0.2, 0.25) is 0 Å². The van der Waals surface area contributed by atoms with Crippen LogP contribution < -0.4 is 20.5 Å². The van der Waals surface area contributed by atoms with Gasteiger partial charge in [0.15, 0.2) is 0 Å². The average molecular weight is 535 g/mol. The van der Waals surface area contributed by atoms with Gasteiger partial charge in [0, 0.05) is 13.1 Å². The molecule has 10 heteroatoms. The van der Waals surface area contributed by atoms with E-state index < -0.39 is 17.5 Å². The third-order valence-electron chi connectivity index (χ3n) is 3.55. The van der Waals surface area contributed by atoms with Crippen molar-refractivity contribution in [2.45, 2.75) is 26.4 Å². The first-order valence-electron chi connectivity index (χ1n) is 10.4. The van der Waals surface area contributed by atoms with Gasteiger partial charge in [0.1, 0.15) is 42.0 Å². The van der Waals surface area contributed by atoms with Crippen LogP contribution in [0, 0.1) is 0 Å². The molecule has 0 spiro atoms. The Balaban J connectivity index is 0. The van der Waals surface area contributed by atoms with Crippen LogP contribution in [0.4, 0.5) is 13.6 Å². The second-order valence-electron chi connectivity index (χ2n) is 7.62. The van der Waals surface area contributed by atoms with Gasteiger partial charge >= 0.3 is 6.09 Å². The minimum atomic E-state index is -0.578. The Morgan fingerprint density at radius 1 is 0.857 bits per heavy atom. The fourth-order valence-electron chi connectivity index (χ4n) is 2.14. The molecule has 0 saturated carbocycles. The van der Waals surface area contributed by atoms with Gasteiger partial charge in [-0.15, -0.1) is 24.8 Å².